The number of rotatable bonds is 1. The van der Waals surface area contributed by atoms with Gasteiger partial charge in [0, 0.05) is 6.42 Å². The van der Waals surface area contributed by atoms with Gasteiger partial charge in [0.1, 0.15) is 0 Å². The highest BCUT2D eigenvalue weighted by molar-refractivity contribution is 5.96. The first-order valence-electron chi connectivity index (χ1n) is 4.01. The fourth-order valence-corrected chi connectivity index (χ4v) is 1.35. The van der Waals surface area contributed by atoms with Crippen LogP contribution in [0.5, 0.6) is 0 Å². The summed E-state index contributed by atoms with van der Waals surface area (Å²) in [6, 6.07) is 10.3. The van der Waals surface area contributed by atoms with Crippen LogP contribution in [-0.2, 0) is 0 Å². The second-order valence-corrected chi connectivity index (χ2v) is 2.74. The fraction of sp³-hybridized carbons (Fsp3) is 0.300. The molecule has 1 nitrogen and oxygen atoms in total. The van der Waals surface area contributed by atoms with E-state index in [0.29, 0.717) is 0 Å². The SMILES string of the molecule is c1ccc(C2=[O+]CCC2)cc1. The van der Waals surface area contributed by atoms with Crippen LogP contribution in [0, 0.1) is 0 Å². The molecule has 0 aliphatic carbocycles. The Morgan fingerprint density at radius 2 is 1.91 bits per heavy atom. The van der Waals surface area contributed by atoms with Crippen LogP contribution in [-0.4, -0.2) is 12.4 Å². The van der Waals surface area contributed by atoms with Gasteiger partial charge in [-0.05, 0) is 12.1 Å². The zero-order valence-electron chi connectivity index (χ0n) is 6.42. The summed E-state index contributed by atoms with van der Waals surface area (Å²) in [7, 11) is 0. The van der Waals surface area contributed by atoms with E-state index in [4.69, 9.17) is 4.42 Å². The molecule has 1 aliphatic rings. The monoisotopic (exact) mass is 147 g/mol. The maximum atomic E-state index is 5.46. The van der Waals surface area contributed by atoms with Crippen LogP contribution >= 0.6 is 0 Å². The third-order valence-electron chi connectivity index (χ3n) is 1.92. The highest BCUT2D eigenvalue weighted by Crippen LogP contribution is 2.11. The van der Waals surface area contributed by atoms with Crippen molar-refractivity contribution in [3.8, 4) is 0 Å². The van der Waals surface area contributed by atoms with Gasteiger partial charge in [-0.1, -0.05) is 18.2 Å². The van der Waals surface area contributed by atoms with Crippen molar-refractivity contribution in [2.75, 3.05) is 6.61 Å². The van der Waals surface area contributed by atoms with E-state index in [-0.39, 0.29) is 0 Å². The second-order valence-electron chi connectivity index (χ2n) is 2.74. The van der Waals surface area contributed by atoms with E-state index in [1.807, 2.05) is 18.2 Å². The van der Waals surface area contributed by atoms with E-state index < -0.39 is 0 Å². The van der Waals surface area contributed by atoms with Gasteiger partial charge in [0.15, 0.2) is 0 Å². The fourth-order valence-electron chi connectivity index (χ4n) is 1.35. The van der Waals surface area contributed by atoms with Crippen molar-refractivity contribution >= 4 is 5.78 Å². The molecule has 0 saturated heterocycles. The standard InChI is InChI=1S/C10H11O/c1-2-5-9(6-3-1)10-7-4-8-11-10/h1-3,5-6H,4,7-8H2/q+1. The zero-order chi connectivity index (χ0) is 7.52. The van der Waals surface area contributed by atoms with E-state index in [2.05, 4.69) is 12.1 Å². The topological polar surface area (TPSA) is 11.3 Å². The van der Waals surface area contributed by atoms with Crippen molar-refractivity contribution in [3.05, 3.63) is 35.9 Å². The van der Waals surface area contributed by atoms with Crippen LogP contribution in [0.2, 0.25) is 0 Å². The maximum Gasteiger partial charge on any atom is 0.327 e. The lowest BCUT2D eigenvalue weighted by Crippen LogP contribution is -1.94. The summed E-state index contributed by atoms with van der Waals surface area (Å²) >= 11 is 0. The van der Waals surface area contributed by atoms with Gasteiger partial charge in [-0.2, -0.15) is 0 Å². The molecule has 0 amide bonds. The Morgan fingerprint density at radius 1 is 1.09 bits per heavy atom. The van der Waals surface area contributed by atoms with Crippen LogP contribution in [0.1, 0.15) is 22.8 Å². The Bertz CT molecular complexity index is 261. The average molecular weight is 147 g/mol. The molecule has 1 aromatic carbocycles. The molecule has 0 radical (unpaired) electrons. The number of ketones is 1. The van der Waals surface area contributed by atoms with Gasteiger partial charge in [-0.15, -0.1) is 0 Å². The molecule has 1 aliphatic heterocycles. The van der Waals surface area contributed by atoms with E-state index in [1.54, 1.807) is 0 Å². The summed E-state index contributed by atoms with van der Waals surface area (Å²) in [5, 5.41) is 0. The minimum Gasteiger partial charge on any atom is -0.259 e. The van der Waals surface area contributed by atoms with Crippen LogP contribution in [0.3, 0.4) is 0 Å². The molecule has 1 heteroatoms. The smallest absolute Gasteiger partial charge is 0.259 e. The van der Waals surface area contributed by atoms with Crippen molar-refractivity contribution in [1.82, 2.24) is 0 Å². The molecule has 11 heavy (non-hydrogen) atoms. The molecule has 0 N–H and O–H groups in total. The first-order chi connectivity index (χ1) is 5.47. The molecule has 0 spiro atoms. The number of hydrogen-bond donors (Lipinski definition) is 0. The van der Waals surface area contributed by atoms with Gasteiger partial charge in [0.25, 0.3) is 6.61 Å². The molecular weight excluding hydrogens is 136 g/mol. The van der Waals surface area contributed by atoms with Crippen molar-refractivity contribution in [1.29, 1.82) is 0 Å². The number of hydrogen-bond acceptors (Lipinski definition) is 0. The maximum absolute atomic E-state index is 5.46. The first-order valence-corrected chi connectivity index (χ1v) is 4.01. The third kappa shape index (κ3) is 1.32. The van der Waals surface area contributed by atoms with E-state index in [0.717, 1.165) is 18.8 Å². The Hall–Kier alpha value is -1.11. The number of carbonyl (C=O) groups excluding carboxylic acids is 1. The Balaban J connectivity index is 2.29. The molecular formula is C10H11O+. The summed E-state index contributed by atoms with van der Waals surface area (Å²) in [4.78, 5) is 0. The Labute approximate surface area is 66.4 Å². The summed E-state index contributed by atoms with van der Waals surface area (Å²) in [6.07, 6.45) is 2.27. The average Bonchev–Trinajstić information content (AvgIpc) is 2.58. The summed E-state index contributed by atoms with van der Waals surface area (Å²) < 4.78 is 5.46. The van der Waals surface area contributed by atoms with Gasteiger partial charge in [0.2, 0.25) is 0 Å². The van der Waals surface area contributed by atoms with Crippen LogP contribution in [0.25, 0.3) is 0 Å². The van der Waals surface area contributed by atoms with Crippen LogP contribution < -0.4 is 0 Å². The van der Waals surface area contributed by atoms with Crippen molar-refractivity contribution < 1.29 is 4.42 Å². The predicted octanol–water partition coefficient (Wildman–Crippen LogP) is 2.20. The Morgan fingerprint density at radius 3 is 2.55 bits per heavy atom. The van der Waals surface area contributed by atoms with E-state index in [9.17, 15) is 0 Å². The second kappa shape index (κ2) is 2.87. The summed E-state index contributed by atoms with van der Waals surface area (Å²) in [5.74, 6) is 1.16. The lowest BCUT2D eigenvalue weighted by molar-refractivity contribution is -0.257. The van der Waals surface area contributed by atoms with Gasteiger partial charge in [-0.25, -0.2) is 0 Å². The Kier molecular flexibility index (Phi) is 1.72. The highest BCUT2D eigenvalue weighted by atomic mass is 16.4. The summed E-state index contributed by atoms with van der Waals surface area (Å²) in [5.41, 5.74) is 1.24. The van der Waals surface area contributed by atoms with Gasteiger partial charge >= 0.3 is 5.78 Å². The predicted molar refractivity (Wildman–Crippen MR) is 44.9 cm³/mol. The minimum atomic E-state index is 0.893. The molecule has 1 heterocycles. The largest absolute Gasteiger partial charge is 0.327 e. The molecule has 2 rings (SSSR count). The molecule has 0 bridgehead atoms. The van der Waals surface area contributed by atoms with Gasteiger partial charge in [0.05, 0.1) is 12.0 Å². The van der Waals surface area contributed by atoms with Crippen molar-refractivity contribution in [2.24, 2.45) is 0 Å². The molecule has 0 atom stereocenters. The van der Waals surface area contributed by atoms with E-state index >= 15 is 0 Å². The number of benzene rings is 1. The minimum absolute atomic E-state index is 0.893. The van der Waals surface area contributed by atoms with E-state index in [1.165, 1.54) is 12.0 Å². The first kappa shape index (κ1) is 6.59. The third-order valence-corrected chi connectivity index (χ3v) is 1.92. The molecule has 0 fully saturated rings. The van der Waals surface area contributed by atoms with Gasteiger partial charge < -0.3 is 0 Å². The summed E-state index contributed by atoms with van der Waals surface area (Å²) in [6.45, 7) is 0.893. The van der Waals surface area contributed by atoms with Crippen LogP contribution in [0.4, 0.5) is 0 Å². The van der Waals surface area contributed by atoms with Gasteiger partial charge in [-0.3, -0.25) is 4.42 Å². The van der Waals surface area contributed by atoms with Crippen LogP contribution in [0.15, 0.2) is 30.3 Å². The molecule has 0 aromatic heterocycles. The van der Waals surface area contributed by atoms with Crippen molar-refractivity contribution in [3.63, 3.8) is 0 Å². The molecule has 0 unspecified atom stereocenters. The molecule has 1 aromatic rings. The lowest BCUT2D eigenvalue weighted by Gasteiger charge is -1.87. The lowest BCUT2D eigenvalue weighted by atomic mass is 10.1. The molecule has 0 saturated carbocycles. The zero-order valence-corrected chi connectivity index (χ0v) is 6.42. The molecule has 56 valence electrons. The quantitative estimate of drug-likeness (QED) is 0.539. The highest BCUT2D eigenvalue weighted by Gasteiger charge is 2.20. The van der Waals surface area contributed by atoms with Crippen molar-refractivity contribution in [2.45, 2.75) is 12.8 Å². The normalized spacial score (nSPS) is 16.5.